The van der Waals surface area contributed by atoms with E-state index in [1.54, 1.807) is 0 Å². The molecule has 0 fully saturated rings. The first kappa shape index (κ1) is 42.3. The normalized spacial score (nSPS) is 15.9. The second-order valence-corrected chi connectivity index (χ2v) is 24.0. The van der Waals surface area contributed by atoms with Crippen LogP contribution in [0.4, 0.5) is 17.1 Å². The van der Waals surface area contributed by atoms with E-state index >= 15 is 0 Å². The predicted molar refractivity (Wildman–Crippen MR) is 304 cm³/mol. The van der Waals surface area contributed by atoms with Crippen molar-refractivity contribution < 1.29 is 0 Å². The van der Waals surface area contributed by atoms with Crippen molar-refractivity contribution in [1.82, 2.24) is 0 Å². The molecule has 0 radical (unpaired) electrons. The lowest BCUT2D eigenvalue weighted by atomic mass is 9.67. The summed E-state index contributed by atoms with van der Waals surface area (Å²) in [5.41, 5.74) is 20.7. The molecule has 1 unspecified atom stereocenters. The largest absolute Gasteiger partial charge is 0.310 e. The summed E-state index contributed by atoms with van der Waals surface area (Å²) in [6.07, 6.45) is 0. The fourth-order valence-corrected chi connectivity index (χ4v) is 18.6. The quantitative estimate of drug-likeness (QED) is 0.137. The van der Waals surface area contributed by atoms with E-state index in [1.807, 2.05) is 0 Å². The Labute approximate surface area is 424 Å². The number of benzene rings is 11. The van der Waals surface area contributed by atoms with Gasteiger partial charge in [0.05, 0.1) is 11.1 Å². The van der Waals surface area contributed by atoms with Crippen molar-refractivity contribution in [2.45, 2.75) is 24.7 Å². The van der Waals surface area contributed by atoms with E-state index in [2.05, 4.69) is 292 Å². The standard InChI is InChI=1S/C70H51NSi/c1-69(2)61-33-18-15-30-56(61)57-44-42-52(46-64(57)69)71(53-43-45-59-58-31-17-20-37-66(58)72(67(59)47-53,54-26-11-5-12-27-54)55-28-13-6-14-29-55)65-36-21-35-63-68(65)60-32-16-19-34-62(60)70(63,50-24-9-4-10-25-50)51-40-38-49(39-41-51)48-22-7-3-8-23-48/h3-47H,1-2H3. The summed E-state index contributed by atoms with van der Waals surface area (Å²) in [5.74, 6) is 0. The minimum absolute atomic E-state index is 0.185. The lowest BCUT2D eigenvalue weighted by Gasteiger charge is -2.35. The molecule has 0 saturated carbocycles. The van der Waals surface area contributed by atoms with Gasteiger partial charge in [-0.25, -0.2) is 0 Å². The number of nitrogens with zero attached hydrogens (tertiary/aromatic N) is 1. The summed E-state index contributed by atoms with van der Waals surface area (Å²) < 4.78 is 0. The van der Waals surface area contributed by atoms with E-state index in [9.17, 15) is 0 Å². The molecule has 0 aromatic heterocycles. The summed E-state index contributed by atoms with van der Waals surface area (Å²) in [6.45, 7) is 4.79. The molecule has 2 heteroatoms. The molecule has 0 N–H and O–H groups in total. The van der Waals surface area contributed by atoms with Gasteiger partial charge >= 0.3 is 0 Å². The van der Waals surface area contributed by atoms with Crippen LogP contribution in [0, 0.1) is 0 Å². The van der Waals surface area contributed by atoms with Gasteiger partial charge in [-0.3, -0.25) is 0 Å². The van der Waals surface area contributed by atoms with Crippen molar-refractivity contribution in [3.63, 3.8) is 0 Å². The zero-order valence-corrected chi connectivity index (χ0v) is 41.4. The first-order chi connectivity index (χ1) is 35.5. The molecule has 3 aliphatic rings. The van der Waals surface area contributed by atoms with Crippen LogP contribution in [-0.4, -0.2) is 8.07 Å². The summed E-state index contributed by atoms with van der Waals surface area (Å²) in [4.78, 5) is 2.60. The van der Waals surface area contributed by atoms with Crippen molar-refractivity contribution >= 4 is 45.9 Å². The summed E-state index contributed by atoms with van der Waals surface area (Å²) in [5, 5.41) is 5.65. The number of rotatable bonds is 8. The number of anilines is 3. The molecule has 0 spiro atoms. The van der Waals surface area contributed by atoms with E-state index in [-0.39, 0.29) is 5.41 Å². The lowest BCUT2D eigenvalue weighted by Crippen LogP contribution is -2.72. The highest BCUT2D eigenvalue weighted by Gasteiger charge is 2.50. The van der Waals surface area contributed by atoms with Gasteiger partial charge in [0.2, 0.25) is 0 Å². The molecular formula is C70H51NSi. The van der Waals surface area contributed by atoms with Crippen LogP contribution in [0.15, 0.2) is 273 Å². The van der Waals surface area contributed by atoms with Crippen LogP contribution in [-0.2, 0) is 10.8 Å². The molecule has 1 heterocycles. The van der Waals surface area contributed by atoms with Crippen LogP contribution >= 0.6 is 0 Å². The van der Waals surface area contributed by atoms with Gasteiger partial charge in [-0.15, -0.1) is 0 Å². The van der Waals surface area contributed by atoms with Crippen molar-refractivity contribution in [2.75, 3.05) is 4.90 Å². The van der Waals surface area contributed by atoms with E-state index < -0.39 is 13.5 Å². The third-order valence-corrected chi connectivity index (χ3v) is 21.3. The molecule has 2 aliphatic carbocycles. The van der Waals surface area contributed by atoms with E-state index in [0.717, 1.165) is 17.1 Å². The Morgan fingerprint density at radius 1 is 0.319 bits per heavy atom. The highest BCUT2D eigenvalue weighted by Crippen LogP contribution is 2.60. The first-order valence-corrected chi connectivity index (χ1v) is 27.3. The number of hydrogen-bond donors (Lipinski definition) is 0. The fraction of sp³-hybridized carbons (Fsp3) is 0.0571. The van der Waals surface area contributed by atoms with Crippen molar-refractivity contribution in [2.24, 2.45) is 0 Å². The van der Waals surface area contributed by atoms with Crippen LogP contribution in [0.25, 0.3) is 44.5 Å². The predicted octanol–water partition coefficient (Wildman–Crippen LogP) is 14.9. The van der Waals surface area contributed by atoms with Gasteiger partial charge in [0.15, 0.2) is 8.07 Å². The maximum absolute atomic E-state index is 2.83. The molecule has 0 bridgehead atoms. The monoisotopic (exact) mass is 933 g/mol. The minimum atomic E-state index is -2.83. The van der Waals surface area contributed by atoms with Crippen LogP contribution in [0.1, 0.15) is 47.2 Å². The number of hydrogen-bond acceptors (Lipinski definition) is 1. The topological polar surface area (TPSA) is 3.24 Å². The van der Waals surface area contributed by atoms with Crippen molar-refractivity contribution in [1.29, 1.82) is 0 Å². The molecule has 1 atom stereocenters. The molecule has 11 aromatic rings. The maximum atomic E-state index is 2.60. The summed E-state index contributed by atoms with van der Waals surface area (Å²) >= 11 is 0. The third kappa shape index (κ3) is 5.94. The maximum Gasteiger partial charge on any atom is 0.180 e. The Morgan fingerprint density at radius 3 is 1.50 bits per heavy atom. The lowest BCUT2D eigenvalue weighted by molar-refractivity contribution is 0.660. The zero-order chi connectivity index (χ0) is 48.0. The van der Waals surface area contributed by atoms with E-state index in [4.69, 9.17) is 0 Å². The molecule has 11 aromatic carbocycles. The SMILES string of the molecule is CC1(C)c2ccccc2-c2ccc(N(c3ccc4c(c3)[Si](c3ccccc3)(c3ccccc3)c3ccccc3-4)c3cccc4c3-c3ccccc3C4(c3ccccc3)c3ccc(-c4ccccc4)cc3)cc21. The Bertz CT molecular complexity index is 3840. The first-order valence-electron chi connectivity index (χ1n) is 25.3. The highest BCUT2D eigenvalue weighted by molar-refractivity contribution is 7.22. The smallest absolute Gasteiger partial charge is 0.180 e. The van der Waals surface area contributed by atoms with Crippen LogP contribution in [0.3, 0.4) is 0 Å². The van der Waals surface area contributed by atoms with E-state index in [1.165, 1.54) is 98.6 Å². The van der Waals surface area contributed by atoms with Gasteiger partial charge in [-0.05, 0) is 123 Å². The van der Waals surface area contributed by atoms with Gasteiger partial charge < -0.3 is 4.90 Å². The van der Waals surface area contributed by atoms with Gasteiger partial charge in [-0.2, -0.15) is 0 Å². The molecule has 1 nitrogen and oxygen atoms in total. The molecule has 0 amide bonds. The van der Waals surface area contributed by atoms with Crippen LogP contribution < -0.4 is 25.6 Å². The molecule has 72 heavy (non-hydrogen) atoms. The third-order valence-electron chi connectivity index (χ3n) is 16.4. The second kappa shape index (κ2) is 16.2. The molecule has 340 valence electrons. The Kier molecular flexibility index (Phi) is 9.55. The Morgan fingerprint density at radius 2 is 0.806 bits per heavy atom. The molecule has 0 saturated heterocycles. The number of fused-ring (bicyclic) bond motifs is 9. The fourth-order valence-electron chi connectivity index (χ4n) is 13.3. The average Bonchev–Trinajstić information content (AvgIpc) is 4.01. The Balaban J connectivity index is 1.06. The molecular weight excluding hydrogens is 883 g/mol. The van der Waals surface area contributed by atoms with Crippen LogP contribution in [0.2, 0.25) is 0 Å². The average molecular weight is 934 g/mol. The van der Waals surface area contributed by atoms with Gasteiger partial charge in [-0.1, -0.05) is 257 Å². The molecule has 1 aliphatic heterocycles. The second-order valence-electron chi connectivity index (χ2n) is 20.3. The van der Waals surface area contributed by atoms with Crippen molar-refractivity contribution in [3.05, 3.63) is 306 Å². The van der Waals surface area contributed by atoms with Gasteiger partial charge in [0.1, 0.15) is 0 Å². The summed E-state index contributed by atoms with van der Waals surface area (Å²) in [7, 11) is -2.83. The highest BCUT2D eigenvalue weighted by atomic mass is 28.3. The summed E-state index contributed by atoms with van der Waals surface area (Å²) in [6, 6.07) is 103. The zero-order valence-electron chi connectivity index (χ0n) is 40.4. The van der Waals surface area contributed by atoms with Crippen LogP contribution in [0.5, 0.6) is 0 Å². The van der Waals surface area contributed by atoms with Crippen molar-refractivity contribution in [3.8, 4) is 44.5 Å². The van der Waals surface area contributed by atoms with Gasteiger partial charge in [0.25, 0.3) is 0 Å². The molecule has 14 rings (SSSR count). The van der Waals surface area contributed by atoms with E-state index in [0.29, 0.717) is 0 Å². The van der Waals surface area contributed by atoms with Gasteiger partial charge in [0, 0.05) is 22.4 Å². The Hall–Kier alpha value is -8.56. The minimum Gasteiger partial charge on any atom is -0.310 e.